The summed E-state index contributed by atoms with van der Waals surface area (Å²) >= 11 is 3.82. The lowest BCUT2D eigenvalue weighted by molar-refractivity contribution is -0.133. The van der Waals surface area contributed by atoms with Gasteiger partial charge in [0, 0.05) is 6.42 Å². The first-order chi connectivity index (χ1) is 7.15. The molecule has 4 nitrogen and oxygen atoms in total. The van der Waals surface area contributed by atoms with Gasteiger partial charge in [0.05, 0.1) is 7.88 Å². The van der Waals surface area contributed by atoms with Crippen molar-refractivity contribution in [3.63, 3.8) is 0 Å². The number of imide groups is 1. The first-order valence-electron chi connectivity index (χ1n) is 4.51. The van der Waals surface area contributed by atoms with Gasteiger partial charge < -0.3 is 5.32 Å². The molecule has 2 heterocycles. The molecular formula is C9H9IN2O2S. The fourth-order valence-electron chi connectivity index (χ4n) is 1.39. The fourth-order valence-corrected chi connectivity index (χ4v) is 2.97. The summed E-state index contributed by atoms with van der Waals surface area (Å²) < 4.78 is 1.17. The van der Waals surface area contributed by atoms with E-state index in [4.69, 9.17) is 0 Å². The number of amides is 2. The van der Waals surface area contributed by atoms with Crippen molar-refractivity contribution < 1.29 is 9.59 Å². The van der Waals surface area contributed by atoms with Crippen LogP contribution in [0.4, 0.5) is 5.00 Å². The van der Waals surface area contributed by atoms with Crippen molar-refractivity contribution in [2.75, 3.05) is 5.32 Å². The van der Waals surface area contributed by atoms with Gasteiger partial charge in [0.2, 0.25) is 11.8 Å². The molecule has 1 unspecified atom stereocenters. The first kappa shape index (κ1) is 10.9. The third kappa shape index (κ3) is 2.69. The van der Waals surface area contributed by atoms with Gasteiger partial charge in [-0.1, -0.05) is 0 Å². The summed E-state index contributed by atoms with van der Waals surface area (Å²) in [7, 11) is 0. The van der Waals surface area contributed by atoms with Crippen LogP contribution in [-0.4, -0.2) is 17.9 Å². The Balaban J connectivity index is 2.00. The predicted molar refractivity (Wildman–Crippen MR) is 66.8 cm³/mol. The highest BCUT2D eigenvalue weighted by molar-refractivity contribution is 14.1. The van der Waals surface area contributed by atoms with Crippen LogP contribution >= 0.6 is 33.9 Å². The van der Waals surface area contributed by atoms with Gasteiger partial charge in [-0.3, -0.25) is 14.9 Å². The van der Waals surface area contributed by atoms with Crippen molar-refractivity contribution in [1.82, 2.24) is 5.32 Å². The number of hydrogen-bond acceptors (Lipinski definition) is 4. The van der Waals surface area contributed by atoms with Crippen molar-refractivity contribution >= 4 is 50.7 Å². The molecule has 0 saturated carbocycles. The normalized spacial score (nSPS) is 21.3. The Bertz CT molecular complexity index is 405. The molecule has 0 aliphatic carbocycles. The lowest BCUT2D eigenvalue weighted by Crippen LogP contribution is -2.47. The third-order valence-corrected chi connectivity index (χ3v) is 3.95. The van der Waals surface area contributed by atoms with Crippen LogP contribution in [0.25, 0.3) is 0 Å². The topological polar surface area (TPSA) is 58.2 Å². The van der Waals surface area contributed by atoms with E-state index in [1.54, 1.807) is 11.3 Å². The average Bonchev–Trinajstić information content (AvgIpc) is 2.56. The van der Waals surface area contributed by atoms with Gasteiger partial charge in [0.1, 0.15) is 6.04 Å². The van der Waals surface area contributed by atoms with Gasteiger partial charge in [0.15, 0.2) is 0 Å². The summed E-state index contributed by atoms with van der Waals surface area (Å²) in [6, 6.07) is 3.65. The monoisotopic (exact) mass is 336 g/mol. The minimum absolute atomic E-state index is 0.182. The maximum absolute atomic E-state index is 11.4. The van der Waals surface area contributed by atoms with Crippen molar-refractivity contribution in [3.8, 4) is 0 Å². The van der Waals surface area contributed by atoms with Crippen LogP contribution in [0.15, 0.2) is 12.1 Å². The van der Waals surface area contributed by atoms with E-state index in [9.17, 15) is 9.59 Å². The highest BCUT2D eigenvalue weighted by atomic mass is 127. The van der Waals surface area contributed by atoms with Crippen molar-refractivity contribution in [3.05, 3.63) is 15.0 Å². The quantitative estimate of drug-likeness (QED) is 0.637. The molecule has 2 amide bonds. The Kier molecular flexibility index (Phi) is 3.25. The fraction of sp³-hybridized carbons (Fsp3) is 0.333. The number of carbonyl (C=O) groups excluding carboxylic acids is 2. The number of carbonyl (C=O) groups is 2. The number of thiophene rings is 1. The predicted octanol–water partition coefficient (Wildman–Crippen LogP) is 1.57. The molecule has 2 rings (SSSR count). The molecule has 1 atom stereocenters. The molecule has 1 aliphatic heterocycles. The molecule has 1 aromatic heterocycles. The van der Waals surface area contributed by atoms with Crippen LogP contribution in [0.2, 0.25) is 0 Å². The molecule has 2 N–H and O–H groups in total. The highest BCUT2D eigenvalue weighted by Crippen LogP contribution is 2.24. The zero-order valence-corrected chi connectivity index (χ0v) is 10.7. The summed E-state index contributed by atoms with van der Waals surface area (Å²) in [6.45, 7) is 0. The maximum atomic E-state index is 11.4. The summed E-state index contributed by atoms with van der Waals surface area (Å²) in [5.41, 5.74) is 0. The van der Waals surface area contributed by atoms with Gasteiger partial charge >= 0.3 is 0 Å². The van der Waals surface area contributed by atoms with E-state index in [0.29, 0.717) is 12.8 Å². The highest BCUT2D eigenvalue weighted by Gasteiger charge is 2.26. The second-order valence-electron chi connectivity index (χ2n) is 3.25. The Labute approximate surface area is 105 Å². The van der Waals surface area contributed by atoms with E-state index in [0.717, 1.165) is 5.00 Å². The lowest BCUT2D eigenvalue weighted by atomic mass is 10.1. The first-order valence-corrected chi connectivity index (χ1v) is 6.40. The van der Waals surface area contributed by atoms with Crippen molar-refractivity contribution in [2.24, 2.45) is 0 Å². The van der Waals surface area contributed by atoms with Crippen molar-refractivity contribution in [1.29, 1.82) is 0 Å². The third-order valence-electron chi connectivity index (χ3n) is 2.13. The van der Waals surface area contributed by atoms with E-state index >= 15 is 0 Å². The van der Waals surface area contributed by atoms with E-state index in [1.165, 1.54) is 2.88 Å². The largest absolute Gasteiger partial charge is 0.365 e. The van der Waals surface area contributed by atoms with Crippen LogP contribution in [0.5, 0.6) is 0 Å². The van der Waals surface area contributed by atoms with Crippen LogP contribution in [-0.2, 0) is 9.59 Å². The van der Waals surface area contributed by atoms with Gasteiger partial charge in [-0.05, 0) is 41.1 Å². The second kappa shape index (κ2) is 4.48. The van der Waals surface area contributed by atoms with Crippen LogP contribution < -0.4 is 10.6 Å². The molecule has 1 fully saturated rings. The Hall–Kier alpha value is -0.630. The van der Waals surface area contributed by atoms with Crippen molar-refractivity contribution in [2.45, 2.75) is 18.9 Å². The van der Waals surface area contributed by atoms with E-state index in [1.807, 2.05) is 12.1 Å². The smallest absolute Gasteiger partial charge is 0.249 e. The molecule has 0 bridgehead atoms. The van der Waals surface area contributed by atoms with Gasteiger partial charge in [-0.2, -0.15) is 0 Å². The number of nitrogens with one attached hydrogen (secondary N) is 2. The van der Waals surface area contributed by atoms with E-state index in [2.05, 4.69) is 33.2 Å². The number of anilines is 1. The second-order valence-corrected chi connectivity index (χ2v) is 6.23. The zero-order chi connectivity index (χ0) is 10.8. The van der Waals surface area contributed by atoms with Crippen LogP contribution in [0, 0.1) is 2.88 Å². The molecule has 0 radical (unpaired) electrons. The molecule has 15 heavy (non-hydrogen) atoms. The number of halogens is 1. The van der Waals surface area contributed by atoms with E-state index in [-0.39, 0.29) is 17.9 Å². The van der Waals surface area contributed by atoms with Gasteiger partial charge in [-0.15, -0.1) is 11.3 Å². The van der Waals surface area contributed by atoms with E-state index < -0.39 is 0 Å². The molecule has 1 aliphatic rings. The minimum Gasteiger partial charge on any atom is -0.365 e. The SMILES string of the molecule is O=C1CCC(Nc2ccc(I)s2)C(=O)N1. The summed E-state index contributed by atoms with van der Waals surface area (Å²) in [5.74, 6) is -0.409. The summed E-state index contributed by atoms with van der Waals surface area (Å²) in [5, 5.41) is 6.41. The molecule has 1 saturated heterocycles. The molecular weight excluding hydrogens is 327 g/mol. The Morgan fingerprint density at radius 3 is 2.87 bits per heavy atom. The number of piperidine rings is 1. The molecule has 0 aromatic carbocycles. The summed E-state index contributed by atoms with van der Waals surface area (Å²) in [6.07, 6.45) is 0.977. The van der Waals surface area contributed by atoms with Gasteiger partial charge in [0.25, 0.3) is 0 Å². The molecule has 80 valence electrons. The Morgan fingerprint density at radius 1 is 1.47 bits per heavy atom. The molecule has 0 spiro atoms. The number of rotatable bonds is 2. The lowest BCUT2D eigenvalue weighted by Gasteiger charge is -2.21. The Morgan fingerprint density at radius 2 is 2.27 bits per heavy atom. The maximum Gasteiger partial charge on any atom is 0.249 e. The average molecular weight is 336 g/mol. The summed E-state index contributed by atoms with van der Waals surface area (Å²) in [4.78, 5) is 22.3. The minimum atomic E-state index is -0.280. The zero-order valence-electron chi connectivity index (χ0n) is 7.75. The van der Waals surface area contributed by atoms with Gasteiger partial charge in [-0.25, -0.2) is 0 Å². The standard InChI is InChI=1S/C9H9IN2O2S/c10-6-2-4-8(15-6)11-5-1-3-7(13)12-9(5)14/h2,4-5,11H,1,3H2,(H,12,13,14). The van der Waals surface area contributed by atoms with Crippen LogP contribution in [0.3, 0.4) is 0 Å². The molecule has 6 heteroatoms. The van der Waals surface area contributed by atoms with Crippen LogP contribution in [0.1, 0.15) is 12.8 Å². The number of hydrogen-bond donors (Lipinski definition) is 2. The molecule has 1 aromatic rings.